The molecule has 0 bridgehead atoms. The van der Waals surface area contributed by atoms with Crippen LogP contribution >= 0.6 is 22.7 Å². The van der Waals surface area contributed by atoms with Gasteiger partial charge >= 0.3 is 0 Å². The van der Waals surface area contributed by atoms with Crippen LogP contribution in [-0.4, -0.2) is 15.0 Å². The fraction of sp³-hybridized carbons (Fsp3) is 0.118. The summed E-state index contributed by atoms with van der Waals surface area (Å²) in [5, 5.41) is 3.01. The molecule has 0 saturated carbocycles. The molecular weight excluding hydrogens is 326 g/mol. The summed E-state index contributed by atoms with van der Waals surface area (Å²) >= 11 is 3.30. The molecule has 0 aliphatic carbocycles. The van der Waals surface area contributed by atoms with Gasteiger partial charge in [-0.1, -0.05) is 6.07 Å². The topological polar surface area (TPSA) is 47.9 Å². The van der Waals surface area contributed by atoms with Crippen molar-refractivity contribution in [2.75, 3.05) is 0 Å². The zero-order valence-corrected chi connectivity index (χ0v) is 14.2. The molecule has 0 fully saturated rings. The lowest BCUT2D eigenvalue weighted by Gasteiger charge is -2.08. The first-order chi connectivity index (χ1) is 11.2. The van der Waals surface area contributed by atoms with Gasteiger partial charge in [-0.25, -0.2) is 4.98 Å². The van der Waals surface area contributed by atoms with Crippen LogP contribution in [0.3, 0.4) is 0 Å². The van der Waals surface area contributed by atoms with Gasteiger partial charge in [-0.15, -0.1) is 22.7 Å². The summed E-state index contributed by atoms with van der Waals surface area (Å²) in [7, 11) is 0. The fourth-order valence-corrected chi connectivity index (χ4v) is 4.00. The Hall–Kier alpha value is -2.31. The summed E-state index contributed by atoms with van der Waals surface area (Å²) in [4.78, 5) is 16.7. The third-order valence-electron chi connectivity index (χ3n) is 3.59. The summed E-state index contributed by atoms with van der Waals surface area (Å²) in [6.07, 6.45) is 3.41. The van der Waals surface area contributed by atoms with E-state index >= 15 is 0 Å². The number of fused-ring (bicyclic) bond motifs is 1. The fourth-order valence-electron chi connectivity index (χ4n) is 2.32. The number of thiophene rings is 2. The summed E-state index contributed by atoms with van der Waals surface area (Å²) < 4.78 is 6.02. The number of aromatic nitrogens is 3. The molecule has 4 aromatic heterocycles. The van der Waals surface area contributed by atoms with E-state index in [4.69, 9.17) is 9.72 Å². The predicted octanol–water partition coefficient (Wildman–Crippen LogP) is 5.22. The molecule has 4 aromatic rings. The molecule has 0 aliphatic rings. The average molecular weight is 339 g/mol. The van der Waals surface area contributed by atoms with Gasteiger partial charge in [0.25, 0.3) is 0 Å². The Bertz CT molecular complexity index is 963. The van der Waals surface area contributed by atoms with Crippen molar-refractivity contribution in [1.82, 2.24) is 15.0 Å². The van der Waals surface area contributed by atoms with Crippen LogP contribution in [0.5, 0.6) is 11.6 Å². The van der Waals surface area contributed by atoms with E-state index in [1.807, 2.05) is 29.6 Å². The second-order valence-electron chi connectivity index (χ2n) is 5.08. The molecular formula is C17H13N3OS2. The highest BCUT2D eigenvalue weighted by Gasteiger charge is 2.17. The Morgan fingerprint density at radius 3 is 2.74 bits per heavy atom. The standard InChI is InChI=1S/C17H13N3OS2/c1-10-11(2)23-17-14(10)16(21-12-5-3-7-18-9-12)19-15(20-17)13-6-4-8-22-13/h3-9H,1-2H3. The summed E-state index contributed by atoms with van der Waals surface area (Å²) in [5.41, 5.74) is 1.17. The highest BCUT2D eigenvalue weighted by atomic mass is 32.1. The molecule has 0 N–H and O–H groups in total. The summed E-state index contributed by atoms with van der Waals surface area (Å²) in [6, 6.07) is 7.74. The highest BCUT2D eigenvalue weighted by Crippen LogP contribution is 2.38. The Morgan fingerprint density at radius 2 is 2.00 bits per heavy atom. The van der Waals surface area contributed by atoms with Crippen LogP contribution in [0.25, 0.3) is 20.9 Å². The minimum Gasteiger partial charge on any atom is -0.437 e. The first kappa shape index (κ1) is 14.3. The van der Waals surface area contributed by atoms with Crippen molar-refractivity contribution in [3.8, 4) is 22.3 Å². The zero-order valence-electron chi connectivity index (χ0n) is 12.6. The van der Waals surface area contributed by atoms with E-state index in [1.54, 1.807) is 35.1 Å². The quantitative estimate of drug-likeness (QED) is 0.513. The Balaban J connectivity index is 1.92. The number of hydrogen-bond acceptors (Lipinski definition) is 6. The maximum Gasteiger partial charge on any atom is 0.232 e. The van der Waals surface area contributed by atoms with Gasteiger partial charge < -0.3 is 4.74 Å². The number of rotatable bonds is 3. The molecule has 114 valence electrons. The van der Waals surface area contributed by atoms with Crippen LogP contribution in [0.2, 0.25) is 0 Å². The molecule has 0 amide bonds. The van der Waals surface area contributed by atoms with Gasteiger partial charge in [-0.05, 0) is 43.0 Å². The minimum atomic E-state index is 0.591. The number of ether oxygens (including phenoxy) is 1. The normalized spacial score (nSPS) is 11.0. The van der Waals surface area contributed by atoms with Crippen molar-refractivity contribution < 1.29 is 4.74 Å². The van der Waals surface area contributed by atoms with Crippen molar-refractivity contribution >= 4 is 32.9 Å². The molecule has 0 saturated heterocycles. The maximum absolute atomic E-state index is 6.02. The third-order valence-corrected chi connectivity index (χ3v) is 5.55. The van der Waals surface area contributed by atoms with Gasteiger partial charge in [0.05, 0.1) is 16.5 Å². The van der Waals surface area contributed by atoms with Crippen molar-refractivity contribution in [2.24, 2.45) is 0 Å². The Morgan fingerprint density at radius 1 is 1.09 bits per heavy atom. The molecule has 23 heavy (non-hydrogen) atoms. The zero-order chi connectivity index (χ0) is 15.8. The number of pyridine rings is 1. The second-order valence-corrected chi connectivity index (χ2v) is 7.23. The molecule has 0 aromatic carbocycles. The van der Waals surface area contributed by atoms with Crippen LogP contribution in [0.1, 0.15) is 10.4 Å². The summed E-state index contributed by atoms with van der Waals surface area (Å²) in [5.74, 6) is 1.97. The molecule has 4 rings (SSSR count). The number of aryl methyl sites for hydroxylation is 2. The minimum absolute atomic E-state index is 0.591. The molecule has 6 heteroatoms. The summed E-state index contributed by atoms with van der Waals surface area (Å²) in [6.45, 7) is 4.18. The van der Waals surface area contributed by atoms with Crippen molar-refractivity contribution in [3.05, 3.63) is 52.5 Å². The van der Waals surface area contributed by atoms with E-state index in [1.165, 1.54) is 10.4 Å². The maximum atomic E-state index is 6.02. The molecule has 0 spiro atoms. The van der Waals surface area contributed by atoms with Crippen LogP contribution in [-0.2, 0) is 0 Å². The van der Waals surface area contributed by atoms with E-state index < -0.39 is 0 Å². The van der Waals surface area contributed by atoms with Gasteiger partial charge in [-0.3, -0.25) is 4.98 Å². The highest BCUT2D eigenvalue weighted by molar-refractivity contribution is 7.18. The van der Waals surface area contributed by atoms with Crippen molar-refractivity contribution in [2.45, 2.75) is 13.8 Å². The van der Waals surface area contributed by atoms with Gasteiger partial charge in [0.15, 0.2) is 5.82 Å². The van der Waals surface area contributed by atoms with E-state index in [0.29, 0.717) is 17.5 Å². The van der Waals surface area contributed by atoms with Crippen LogP contribution in [0.4, 0.5) is 0 Å². The van der Waals surface area contributed by atoms with Crippen LogP contribution in [0, 0.1) is 13.8 Å². The predicted molar refractivity (Wildman–Crippen MR) is 94.5 cm³/mol. The largest absolute Gasteiger partial charge is 0.437 e. The first-order valence-corrected chi connectivity index (χ1v) is 8.81. The average Bonchev–Trinajstić information content (AvgIpc) is 3.18. The van der Waals surface area contributed by atoms with Gasteiger partial charge in [0, 0.05) is 11.1 Å². The van der Waals surface area contributed by atoms with Crippen LogP contribution in [0.15, 0.2) is 42.0 Å². The third kappa shape index (κ3) is 2.60. The van der Waals surface area contributed by atoms with E-state index in [2.05, 4.69) is 23.8 Å². The SMILES string of the molecule is Cc1sc2nc(-c3cccs3)nc(Oc3cccnc3)c2c1C. The van der Waals surface area contributed by atoms with Gasteiger partial charge in [0.2, 0.25) is 5.88 Å². The Kier molecular flexibility index (Phi) is 3.55. The lowest BCUT2D eigenvalue weighted by atomic mass is 10.2. The molecule has 4 nitrogen and oxygen atoms in total. The monoisotopic (exact) mass is 339 g/mol. The first-order valence-electron chi connectivity index (χ1n) is 7.12. The van der Waals surface area contributed by atoms with Crippen LogP contribution < -0.4 is 4.74 Å². The lowest BCUT2D eigenvalue weighted by Crippen LogP contribution is -1.94. The smallest absolute Gasteiger partial charge is 0.232 e. The molecule has 0 atom stereocenters. The number of nitrogens with zero attached hydrogens (tertiary/aromatic N) is 3. The number of hydrogen-bond donors (Lipinski definition) is 0. The van der Waals surface area contributed by atoms with Gasteiger partial charge in [0.1, 0.15) is 10.6 Å². The second kappa shape index (κ2) is 5.72. The lowest BCUT2D eigenvalue weighted by molar-refractivity contribution is 0.466. The molecule has 0 unspecified atom stereocenters. The molecule has 0 aliphatic heterocycles. The molecule has 0 radical (unpaired) electrons. The Labute approximate surface area is 141 Å². The van der Waals surface area contributed by atoms with Crippen molar-refractivity contribution in [1.29, 1.82) is 0 Å². The van der Waals surface area contributed by atoms with E-state index in [-0.39, 0.29) is 0 Å². The van der Waals surface area contributed by atoms with E-state index in [9.17, 15) is 0 Å². The van der Waals surface area contributed by atoms with Gasteiger partial charge in [-0.2, -0.15) is 4.98 Å². The van der Waals surface area contributed by atoms with E-state index in [0.717, 1.165) is 15.1 Å². The van der Waals surface area contributed by atoms with Crippen molar-refractivity contribution in [3.63, 3.8) is 0 Å². The molecule has 4 heterocycles.